The van der Waals surface area contributed by atoms with Crippen LogP contribution in [0, 0.1) is 5.92 Å². The predicted octanol–water partition coefficient (Wildman–Crippen LogP) is 1.24. The Morgan fingerprint density at radius 1 is 1.53 bits per heavy atom. The van der Waals surface area contributed by atoms with Crippen molar-refractivity contribution in [3.05, 3.63) is 18.1 Å². The zero-order chi connectivity index (χ0) is 10.7. The first-order chi connectivity index (χ1) is 7.33. The molecular formula is C10H15N3OS. The Morgan fingerprint density at radius 3 is 3.00 bits per heavy atom. The van der Waals surface area contributed by atoms with Crippen LogP contribution in [0.2, 0.25) is 0 Å². The van der Waals surface area contributed by atoms with E-state index in [1.807, 2.05) is 11.8 Å². The van der Waals surface area contributed by atoms with Gasteiger partial charge in [-0.25, -0.2) is 4.98 Å². The molecule has 0 bridgehead atoms. The highest BCUT2D eigenvalue weighted by atomic mass is 32.2. The minimum absolute atomic E-state index is 0.0522. The summed E-state index contributed by atoms with van der Waals surface area (Å²) in [6, 6.07) is -0.0522. The highest BCUT2D eigenvalue weighted by molar-refractivity contribution is 7.99. The first kappa shape index (κ1) is 10.7. The Kier molecular flexibility index (Phi) is 3.43. The zero-order valence-corrected chi connectivity index (χ0v) is 9.54. The fraction of sp³-hybridized carbons (Fsp3) is 0.600. The summed E-state index contributed by atoms with van der Waals surface area (Å²) in [7, 11) is 1.60. The van der Waals surface area contributed by atoms with Crippen molar-refractivity contribution in [2.24, 2.45) is 11.7 Å². The summed E-state index contributed by atoms with van der Waals surface area (Å²) in [4.78, 5) is 8.39. The zero-order valence-electron chi connectivity index (χ0n) is 8.72. The van der Waals surface area contributed by atoms with E-state index in [4.69, 9.17) is 10.5 Å². The normalized spacial score (nSPS) is 22.7. The van der Waals surface area contributed by atoms with E-state index in [1.165, 1.54) is 5.75 Å². The van der Waals surface area contributed by atoms with E-state index in [0.717, 1.165) is 17.9 Å². The molecule has 1 aromatic rings. The molecule has 2 rings (SSSR count). The summed E-state index contributed by atoms with van der Waals surface area (Å²) in [6.45, 7) is 0. The first-order valence-corrected chi connectivity index (χ1v) is 6.16. The lowest BCUT2D eigenvalue weighted by atomic mass is 9.97. The van der Waals surface area contributed by atoms with Crippen molar-refractivity contribution in [3.63, 3.8) is 0 Å². The third-order valence-electron chi connectivity index (χ3n) is 2.67. The smallest absolute Gasteiger partial charge is 0.236 e. The van der Waals surface area contributed by atoms with Gasteiger partial charge in [0.15, 0.2) is 0 Å². The highest BCUT2D eigenvalue weighted by Gasteiger charge is 2.27. The highest BCUT2D eigenvalue weighted by Crippen LogP contribution is 2.34. The largest absolute Gasteiger partial charge is 0.480 e. The average Bonchev–Trinajstić information content (AvgIpc) is 2.81. The number of hydrogen-bond donors (Lipinski definition) is 1. The number of ether oxygens (including phenoxy) is 1. The van der Waals surface area contributed by atoms with Crippen LogP contribution in [0.1, 0.15) is 18.2 Å². The molecule has 1 fully saturated rings. The van der Waals surface area contributed by atoms with Gasteiger partial charge in [0.05, 0.1) is 13.2 Å². The van der Waals surface area contributed by atoms with Crippen molar-refractivity contribution >= 4 is 11.8 Å². The Morgan fingerprint density at radius 2 is 2.33 bits per heavy atom. The molecule has 2 unspecified atom stereocenters. The second kappa shape index (κ2) is 4.81. The van der Waals surface area contributed by atoms with Crippen LogP contribution in [0.4, 0.5) is 0 Å². The molecule has 1 aliphatic rings. The lowest BCUT2D eigenvalue weighted by Gasteiger charge is -2.18. The average molecular weight is 225 g/mol. The topological polar surface area (TPSA) is 61.0 Å². The van der Waals surface area contributed by atoms with E-state index in [-0.39, 0.29) is 6.04 Å². The van der Waals surface area contributed by atoms with Crippen LogP contribution in [-0.2, 0) is 0 Å². The van der Waals surface area contributed by atoms with Gasteiger partial charge in [-0.15, -0.1) is 0 Å². The van der Waals surface area contributed by atoms with E-state index < -0.39 is 0 Å². The second-order valence-corrected chi connectivity index (χ2v) is 4.75. The molecule has 4 nitrogen and oxygen atoms in total. The van der Waals surface area contributed by atoms with Crippen LogP contribution in [0.25, 0.3) is 0 Å². The van der Waals surface area contributed by atoms with Crippen molar-refractivity contribution in [3.8, 4) is 5.88 Å². The van der Waals surface area contributed by atoms with Gasteiger partial charge in [-0.05, 0) is 23.8 Å². The van der Waals surface area contributed by atoms with Crippen LogP contribution in [0.5, 0.6) is 5.88 Å². The lowest BCUT2D eigenvalue weighted by molar-refractivity contribution is 0.371. The van der Waals surface area contributed by atoms with Crippen LogP contribution < -0.4 is 10.5 Å². The molecule has 82 valence electrons. The first-order valence-electron chi connectivity index (χ1n) is 5.01. The Balaban J connectivity index is 2.19. The monoisotopic (exact) mass is 225 g/mol. The maximum Gasteiger partial charge on any atom is 0.236 e. The van der Waals surface area contributed by atoms with Gasteiger partial charge < -0.3 is 10.5 Å². The summed E-state index contributed by atoms with van der Waals surface area (Å²) in [5.41, 5.74) is 6.97. The molecule has 1 aliphatic heterocycles. The molecule has 5 heteroatoms. The maximum absolute atomic E-state index is 6.18. The van der Waals surface area contributed by atoms with Crippen molar-refractivity contribution in [2.45, 2.75) is 12.5 Å². The molecule has 1 aromatic heterocycles. The molecule has 2 heterocycles. The summed E-state index contributed by atoms with van der Waals surface area (Å²) in [5.74, 6) is 3.37. The van der Waals surface area contributed by atoms with Gasteiger partial charge in [-0.1, -0.05) is 0 Å². The molecule has 2 atom stereocenters. The van der Waals surface area contributed by atoms with E-state index in [9.17, 15) is 0 Å². The van der Waals surface area contributed by atoms with Gasteiger partial charge >= 0.3 is 0 Å². The van der Waals surface area contributed by atoms with Gasteiger partial charge in [0.25, 0.3) is 0 Å². The molecule has 15 heavy (non-hydrogen) atoms. The number of rotatable bonds is 3. The third kappa shape index (κ3) is 2.23. The fourth-order valence-corrected chi connectivity index (χ4v) is 3.09. The van der Waals surface area contributed by atoms with E-state index in [1.54, 1.807) is 19.5 Å². The summed E-state index contributed by atoms with van der Waals surface area (Å²) in [5, 5.41) is 0. The molecule has 0 spiro atoms. The van der Waals surface area contributed by atoms with Gasteiger partial charge in [-0.2, -0.15) is 11.8 Å². The minimum Gasteiger partial charge on any atom is -0.480 e. The molecule has 0 amide bonds. The SMILES string of the molecule is COc1nccnc1C(N)C1CCSC1. The standard InChI is InChI=1S/C10H15N3OS/c1-14-10-9(12-3-4-13-10)8(11)7-2-5-15-6-7/h3-4,7-8H,2,5-6,11H2,1H3. The maximum atomic E-state index is 6.18. The Bertz CT molecular complexity index is 328. The molecular weight excluding hydrogens is 210 g/mol. The van der Waals surface area contributed by atoms with E-state index in [2.05, 4.69) is 9.97 Å². The van der Waals surface area contributed by atoms with Gasteiger partial charge in [0.1, 0.15) is 5.69 Å². The number of hydrogen-bond acceptors (Lipinski definition) is 5. The molecule has 1 saturated heterocycles. The van der Waals surface area contributed by atoms with Crippen LogP contribution >= 0.6 is 11.8 Å². The lowest BCUT2D eigenvalue weighted by Crippen LogP contribution is -2.23. The van der Waals surface area contributed by atoms with Crippen LogP contribution in [0.15, 0.2) is 12.4 Å². The Hall–Kier alpha value is -0.810. The summed E-state index contributed by atoms with van der Waals surface area (Å²) < 4.78 is 5.17. The summed E-state index contributed by atoms with van der Waals surface area (Å²) in [6.07, 6.45) is 4.45. The van der Waals surface area contributed by atoms with E-state index in [0.29, 0.717) is 11.8 Å². The number of aromatic nitrogens is 2. The number of thioether (sulfide) groups is 1. The second-order valence-electron chi connectivity index (χ2n) is 3.60. The number of nitrogens with zero attached hydrogens (tertiary/aromatic N) is 2. The van der Waals surface area contributed by atoms with Crippen LogP contribution in [-0.4, -0.2) is 28.6 Å². The fourth-order valence-electron chi connectivity index (χ4n) is 1.78. The predicted molar refractivity (Wildman–Crippen MR) is 60.9 cm³/mol. The quantitative estimate of drug-likeness (QED) is 0.838. The summed E-state index contributed by atoms with van der Waals surface area (Å²) >= 11 is 1.95. The molecule has 0 saturated carbocycles. The van der Waals surface area contributed by atoms with Gasteiger partial charge in [0.2, 0.25) is 5.88 Å². The van der Waals surface area contributed by atoms with Crippen molar-refractivity contribution in [2.75, 3.05) is 18.6 Å². The van der Waals surface area contributed by atoms with Crippen molar-refractivity contribution in [1.82, 2.24) is 9.97 Å². The number of nitrogens with two attached hydrogens (primary N) is 1. The molecule has 0 radical (unpaired) electrons. The Labute approximate surface area is 93.6 Å². The van der Waals surface area contributed by atoms with Gasteiger partial charge in [0, 0.05) is 12.4 Å². The minimum atomic E-state index is -0.0522. The van der Waals surface area contributed by atoms with Gasteiger partial charge in [-0.3, -0.25) is 4.98 Å². The van der Waals surface area contributed by atoms with E-state index >= 15 is 0 Å². The number of methoxy groups -OCH3 is 1. The molecule has 2 N–H and O–H groups in total. The van der Waals surface area contributed by atoms with Crippen molar-refractivity contribution < 1.29 is 4.74 Å². The molecule has 0 aliphatic carbocycles. The third-order valence-corrected chi connectivity index (χ3v) is 3.86. The molecule has 0 aromatic carbocycles. The van der Waals surface area contributed by atoms with Crippen LogP contribution in [0.3, 0.4) is 0 Å². The van der Waals surface area contributed by atoms with Crippen molar-refractivity contribution in [1.29, 1.82) is 0 Å².